The van der Waals surface area contributed by atoms with Gasteiger partial charge in [0.2, 0.25) is 0 Å². The molecule has 0 fully saturated rings. The van der Waals surface area contributed by atoms with E-state index in [2.05, 4.69) is 58.3 Å². The number of fused-ring (bicyclic) bond motifs is 2. The van der Waals surface area contributed by atoms with Gasteiger partial charge in [-0.3, -0.25) is 0 Å². The Labute approximate surface area is 152 Å². The first-order chi connectivity index (χ1) is 12.8. The molecule has 5 rings (SSSR count). The second-order valence-corrected chi connectivity index (χ2v) is 6.98. The van der Waals surface area contributed by atoms with Crippen molar-refractivity contribution in [1.82, 2.24) is 14.9 Å². The lowest BCUT2D eigenvalue weighted by Crippen LogP contribution is -2.30. The van der Waals surface area contributed by atoms with Crippen LogP contribution in [0.4, 0.5) is 0 Å². The standard InChI is InChI=1S/C22H19N3O/c1-25-12-17-8-15(18-10-23-14-24-11-18)6-7-19(17)20(13-25)22-9-16-4-2-3-5-21(16)26-22/h2-11,14,20H,12-13H2,1H3. The minimum absolute atomic E-state index is 0.247. The largest absolute Gasteiger partial charge is 0.460 e. The van der Waals surface area contributed by atoms with E-state index in [9.17, 15) is 0 Å². The minimum atomic E-state index is 0.247. The minimum Gasteiger partial charge on any atom is -0.460 e. The van der Waals surface area contributed by atoms with Gasteiger partial charge in [0.15, 0.2) is 0 Å². The van der Waals surface area contributed by atoms with Gasteiger partial charge >= 0.3 is 0 Å². The predicted molar refractivity (Wildman–Crippen MR) is 102 cm³/mol. The van der Waals surface area contributed by atoms with Crippen molar-refractivity contribution in [2.75, 3.05) is 13.6 Å². The van der Waals surface area contributed by atoms with Crippen LogP contribution in [0.1, 0.15) is 22.8 Å². The SMILES string of the molecule is CN1Cc2cc(-c3cncnc3)ccc2C(c2cc3ccccc3o2)C1. The molecule has 4 nitrogen and oxygen atoms in total. The van der Waals surface area contributed by atoms with Crippen LogP contribution in [0.15, 0.2) is 71.7 Å². The van der Waals surface area contributed by atoms with Crippen molar-refractivity contribution in [2.24, 2.45) is 0 Å². The van der Waals surface area contributed by atoms with E-state index in [4.69, 9.17) is 4.42 Å². The average molecular weight is 341 g/mol. The molecule has 4 heteroatoms. The maximum Gasteiger partial charge on any atom is 0.134 e. The van der Waals surface area contributed by atoms with Crippen LogP contribution >= 0.6 is 0 Å². The van der Waals surface area contributed by atoms with E-state index < -0.39 is 0 Å². The summed E-state index contributed by atoms with van der Waals surface area (Å²) in [5, 5.41) is 1.16. The summed E-state index contributed by atoms with van der Waals surface area (Å²) in [4.78, 5) is 10.6. The molecule has 1 unspecified atom stereocenters. The van der Waals surface area contributed by atoms with Crippen molar-refractivity contribution >= 4 is 11.0 Å². The zero-order valence-corrected chi connectivity index (χ0v) is 14.6. The molecule has 1 atom stereocenters. The molecule has 0 saturated carbocycles. The number of nitrogens with zero attached hydrogens (tertiary/aromatic N) is 3. The fraction of sp³-hybridized carbons (Fsp3) is 0.182. The zero-order valence-electron chi connectivity index (χ0n) is 14.6. The van der Waals surface area contributed by atoms with Crippen LogP contribution in [0.2, 0.25) is 0 Å². The molecule has 0 radical (unpaired) electrons. The third-order valence-corrected chi connectivity index (χ3v) is 5.13. The number of likely N-dealkylation sites (N-methyl/N-ethyl adjacent to an activating group) is 1. The molecule has 0 N–H and O–H groups in total. The summed E-state index contributed by atoms with van der Waals surface area (Å²) in [6, 6.07) is 17.1. The number of furan rings is 1. The maximum atomic E-state index is 6.18. The number of aromatic nitrogens is 2. The van der Waals surface area contributed by atoms with Crippen LogP contribution in [0.25, 0.3) is 22.1 Å². The highest BCUT2D eigenvalue weighted by Crippen LogP contribution is 2.37. The van der Waals surface area contributed by atoms with E-state index in [1.165, 1.54) is 11.1 Å². The number of benzene rings is 2. The number of hydrogen-bond donors (Lipinski definition) is 0. The second kappa shape index (κ2) is 6.07. The molecule has 0 saturated heterocycles. The normalized spacial score (nSPS) is 17.3. The first-order valence-electron chi connectivity index (χ1n) is 8.83. The molecule has 0 bridgehead atoms. The molecule has 2 aromatic heterocycles. The van der Waals surface area contributed by atoms with Crippen LogP contribution in [-0.2, 0) is 6.54 Å². The predicted octanol–water partition coefficient (Wildman–Crippen LogP) is 4.47. The number of rotatable bonds is 2. The van der Waals surface area contributed by atoms with Crippen molar-refractivity contribution in [1.29, 1.82) is 0 Å². The highest BCUT2D eigenvalue weighted by molar-refractivity contribution is 5.78. The Balaban J connectivity index is 1.59. The first-order valence-corrected chi connectivity index (χ1v) is 8.83. The Kier molecular flexibility index (Phi) is 3.57. The van der Waals surface area contributed by atoms with Crippen LogP contribution < -0.4 is 0 Å². The molecule has 4 aromatic rings. The second-order valence-electron chi connectivity index (χ2n) is 6.98. The topological polar surface area (TPSA) is 42.2 Å². The molecule has 3 heterocycles. The maximum absolute atomic E-state index is 6.18. The molecule has 1 aliphatic rings. The molecule has 26 heavy (non-hydrogen) atoms. The Morgan fingerprint density at radius 2 is 1.85 bits per heavy atom. The van der Waals surface area contributed by atoms with Gasteiger partial charge in [0.05, 0.1) is 5.92 Å². The zero-order chi connectivity index (χ0) is 17.5. The number of hydrogen-bond acceptors (Lipinski definition) is 4. The highest BCUT2D eigenvalue weighted by atomic mass is 16.3. The monoisotopic (exact) mass is 341 g/mol. The lowest BCUT2D eigenvalue weighted by Gasteiger charge is -2.31. The van der Waals surface area contributed by atoms with E-state index in [1.807, 2.05) is 24.5 Å². The van der Waals surface area contributed by atoms with Crippen LogP contribution in [0.5, 0.6) is 0 Å². The van der Waals surface area contributed by atoms with Crippen molar-refractivity contribution < 1.29 is 4.42 Å². The molecule has 0 amide bonds. The van der Waals surface area contributed by atoms with Gasteiger partial charge < -0.3 is 9.32 Å². The van der Waals surface area contributed by atoms with Gasteiger partial charge in [-0.1, -0.05) is 30.3 Å². The summed E-state index contributed by atoms with van der Waals surface area (Å²) in [5.41, 5.74) is 5.84. The molecular formula is C22H19N3O. The Morgan fingerprint density at radius 1 is 1.00 bits per heavy atom. The fourth-order valence-electron chi connectivity index (χ4n) is 3.89. The Hall–Kier alpha value is -2.98. The van der Waals surface area contributed by atoms with Crippen molar-refractivity contribution in [3.63, 3.8) is 0 Å². The first kappa shape index (κ1) is 15.3. The van der Waals surface area contributed by atoms with Crippen LogP contribution in [0.3, 0.4) is 0 Å². The summed E-state index contributed by atoms with van der Waals surface area (Å²) < 4.78 is 6.18. The van der Waals surface area contributed by atoms with Gasteiger partial charge in [-0.2, -0.15) is 0 Å². The summed E-state index contributed by atoms with van der Waals surface area (Å²) in [7, 11) is 2.16. The van der Waals surface area contributed by atoms with Crippen molar-refractivity contribution in [3.05, 3.63) is 84.1 Å². The molecule has 0 spiro atoms. The van der Waals surface area contributed by atoms with E-state index in [1.54, 1.807) is 6.33 Å². The van der Waals surface area contributed by atoms with Gasteiger partial charge in [0.1, 0.15) is 17.7 Å². The smallest absolute Gasteiger partial charge is 0.134 e. The van der Waals surface area contributed by atoms with E-state index in [0.29, 0.717) is 0 Å². The van der Waals surface area contributed by atoms with Gasteiger partial charge in [-0.25, -0.2) is 9.97 Å². The molecule has 128 valence electrons. The van der Waals surface area contributed by atoms with Gasteiger partial charge in [0, 0.05) is 36.4 Å². The fourth-order valence-corrected chi connectivity index (χ4v) is 3.89. The van der Waals surface area contributed by atoms with Crippen LogP contribution in [0, 0.1) is 0 Å². The average Bonchev–Trinajstić information content (AvgIpc) is 3.11. The Morgan fingerprint density at radius 3 is 2.69 bits per heavy atom. The van der Waals surface area contributed by atoms with E-state index in [-0.39, 0.29) is 5.92 Å². The van der Waals surface area contributed by atoms with Crippen LogP contribution in [-0.4, -0.2) is 28.5 Å². The van der Waals surface area contributed by atoms with Gasteiger partial charge in [0.25, 0.3) is 0 Å². The third kappa shape index (κ3) is 2.59. The molecular weight excluding hydrogens is 322 g/mol. The van der Waals surface area contributed by atoms with E-state index in [0.717, 1.165) is 40.9 Å². The summed E-state index contributed by atoms with van der Waals surface area (Å²) >= 11 is 0. The Bertz CT molecular complexity index is 1040. The summed E-state index contributed by atoms with van der Waals surface area (Å²) in [5.74, 6) is 1.28. The third-order valence-electron chi connectivity index (χ3n) is 5.13. The molecule has 0 aliphatic carbocycles. The quantitative estimate of drug-likeness (QED) is 0.539. The highest BCUT2D eigenvalue weighted by Gasteiger charge is 2.27. The summed E-state index contributed by atoms with van der Waals surface area (Å²) in [6.45, 7) is 1.90. The lowest BCUT2D eigenvalue weighted by molar-refractivity contribution is 0.282. The van der Waals surface area contributed by atoms with Crippen molar-refractivity contribution in [3.8, 4) is 11.1 Å². The number of para-hydroxylation sites is 1. The molecule has 1 aliphatic heterocycles. The molecule has 2 aromatic carbocycles. The summed E-state index contributed by atoms with van der Waals surface area (Å²) in [6.07, 6.45) is 5.28. The van der Waals surface area contributed by atoms with Crippen molar-refractivity contribution in [2.45, 2.75) is 12.5 Å². The van der Waals surface area contributed by atoms with E-state index >= 15 is 0 Å². The van der Waals surface area contributed by atoms with Gasteiger partial charge in [-0.15, -0.1) is 0 Å². The van der Waals surface area contributed by atoms with Gasteiger partial charge in [-0.05, 0) is 41.9 Å². The lowest BCUT2D eigenvalue weighted by atomic mass is 9.86.